The number of carbonyl (C=O) groups excluding carboxylic acids is 1. The number of hydrogen-bond donors (Lipinski definition) is 2. The fraction of sp³-hybridized carbons (Fsp3) is 0.875. The number of ether oxygens (including phenoxy) is 3. The van der Waals surface area contributed by atoms with Gasteiger partial charge >= 0.3 is 5.97 Å². The van der Waals surface area contributed by atoms with E-state index < -0.39 is 30.6 Å². The molecule has 1 fully saturated rings. The predicted molar refractivity (Wildman–Crippen MR) is 44.3 cm³/mol. The molecule has 6 heteroatoms. The molecule has 82 valence electrons. The highest BCUT2D eigenvalue weighted by atomic mass is 16.7. The summed E-state index contributed by atoms with van der Waals surface area (Å²) in [6, 6.07) is 0. The van der Waals surface area contributed by atoms with E-state index in [0.717, 1.165) is 0 Å². The molecule has 0 aromatic rings. The summed E-state index contributed by atoms with van der Waals surface area (Å²) in [5.41, 5.74) is 0. The van der Waals surface area contributed by atoms with Gasteiger partial charge in [0.1, 0.15) is 12.2 Å². The second kappa shape index (κ2) is 4.70. The van der Waals surface area contributed by atoms with E-state index in [1.54, 1.807) is 0 Å². The average Bonchev–Trinajstić information content (AvgIpc) is 2.12. The van der Waals surface area contributed by atoms with Gasteiger partial charge in [-0.15, -0.1) is 0 Å². The standard InChI is InChI=1S/C8H14O6/c1-4(9)14-7-5(10)3-13-8(12-2)6(7)11/h5-8,10-11H,3H2,1-2H3/t5-,6+,7+,8+/m1/s1. The predicted octanol–water partition coefficient (Wildman–Crippen LogP) is -1.36. The zero-order valence-corrected chi connectivity index (χ0v) is 8.04. The van der Waals surface area contributed by atoms with Crippen LogP contribution in [0.5, 0.6) is 0 Å². The summed E-state index contributed by atoms with van der Waals surface area (Å²) in [6.45, 7) is 1.17. The Morgan fingerprint density at radius 2 is 2.14 bits per heavy atom. The largest absolute Gasteiger partial charge is 0.457 e. The van der Waals surface area contributed by atoms with E-state index in [1.165, 1.54) is 14.0 Å². The van der Waals surface area contributed by atoms with Gasteiger partial charge < -0.3 is 24.4 Å². The maximum absolute atomic E-state index is 10.7. The first-order chi connectivity index (χ1) is 6.56. The van der Waals surface area contributed by atoms with Crippen LogP contribution in [0, 0.1) is 0 Å². The van der Waals surface area contributed by atoms with Crippen LogP contribution in [-0.4, -0.2) is 54.5 Å². The third-order valence-electron chi connectivity index (χ3n) is 1.96. The number of carbonyl (C=O) groups is 1. The van der Waals surface area contributed by atoms with Gasteiger partial charge in [-0.1, -0.05) is 0 Å². The first kappa shape index (κ1) is 11.4. The normalized spacial score (nSPS) is 38.0. The van der Waals surface area contributed by atoms with E-state index in [1.807, 2.05) is 0 Å². The third kappa shape index (κ3) is 2.42. The molecule has 14 heavy (non-hydrogen) atoms. The summed E-state index contributed by atoms with van der Waals surface area (Å²) in [5, 5.41) is 18.9. The number of rotatable bonds is 2. The number of aliphatic hydroxyl groups is 2. The zero-order valence-electron chi connectivity index (χ0n) is 8.04. The molecule has 1 heterocycles. The van der Waals surface area contributed by atoms with Crippen molar-refractivity contribution in [3.8, 4) is 0 Å². The molecular weight excluding hydrogens is 192 g/mol. The van der Waals surface area contributed by atoms with Crippen LogP contribution >= 0.6 is 0 Å². The molecule has 0 aromatic carbocycles. The fourth-order valence-electron chi connectivity index (χ4n) is 1.32. The maximum atomic E-state index is 10.7. The molecule has 4 atom stereocenters. The first-order valence-corrected chi connectivity index (χ1v) is 4.24. The van der Waals surface area contributed by atoms with Gasteiger partial charge in [-0.05, 0) is 0 Å². The van der Waals surface area contributed by atoms with Gasteiger partial charge in [-0.25, -0.2) is 0 Å². The molecule has 0 aliphatic carbocycles. The lowest BCUT2D eigenvalue weighted by Crippen LogP contribution is -2.55. The van der Waals surface area contributed by atoms with Crippen molar-refractivity contribution < 1.29 is 29.2 Å². The topological polar surface area (TPSA) is 85.2 Å². The van der Waals surface area contributed by atoms with Gasteiger partial charge in [0.2, 0.25) is 0 Å². The quantitative estimate of drug-likeness (QED) is 0.543. The molecule has 0 spiro atoms. The molecule has 0 bridgehead atoms. The second-order valence-electron chi connectivity index (χ2n) is 3.07. The smallest absolute Gasteiger partial charge is 0.303 e. The molecule has 0 radical (unpaired) electrons. The van der Waals surface area contributed by atoms with Crippen molar-refractivity contribution in [2.45, 2.75) is 31.5 Å². The Morgan fingerprint density at radius 1 is 1.50 bits per heavy atom. The van der Waals surface area contributed by atoms with Gasteiger partial charge in [0, 0.05) is 14.0 Å². The van der Waals surface area contributed by atoms with Crippen molar-refractivity contribution in [1.82, 2.24) is 0 Å². The van der Waals surface area contributed by atoms with Crippen LogP contribution in [0.2, 0.25) is 0 Å². The van der Waals surface area contributed by atoms with Crippen molar-refractivity contribution in [3.63, 3.8) is 0 Å². The molecule has 0 unspecified atom stereocenters. The summed E-state index contributed by atoms with van der Waals surface area (Å²) < 4.78 is 14.5. The summed E-state index contributed by atoms with van der Waals surface area (Å²) in [5.74, 6) is -0.565. The van der Waals surface area contributed by atoms with Crippen molar-refractivity contribution >= 4 is 5.97 Å². The molecule has 6 nitrogen and oxygen atoms in total. The fourth-order valence-corrected chi connectivity index (χ4v) is 1.32. The van der Waals surface area contributed by atoms with Crippen molar-refractivity contribution in [2.75, 3.05) is 13.7 Å². The van der Waals surface area contributed by atoms with Gasteiger partial charge in [-0.2, -0.15) is 0 Å². The minimum atomic E-state index is -1.17. The number of methoxy groups -OCH3 is 1. The average molecular weight is 206 g/mol. The van der Waals surface area contributed by atoms with E-state index >= 15 is 0 Å². The van der Waals surface area contributed by atoms with Crippen molar-refractivity contribution in [1.29, 1.82) is 0 Å². The van der Waals surface area contributed by atoms with Crippen LogP contribution in [0.4, 0.5) is 0 Å². The Kier molecular flexibility index (Phi) is 3.82. The molecular formula is C8H14O6. The van der Waals surface area contributed by atoms with E-state index in [4.69, 9.17) is 14.2 Å². The van der Waals surface area contributed by atoms with Gasteiger partial charge in [0.05, 0.1) is 6.61 Å². The minimum Gasteiger partial charge on any atom is -0.457 e. The molecule has 1 aliphatic rings. The monoisotopic (exact) mass is 206 g/mol. The number of aliphatic hydroxyl groups excluding tert-OH is 2. The highest BCUT2D eigenvalue weighted by Gasteiger charge is 2.41. The van der Waals surface area contributed by atoms with E-state index in [2.05, 4.69) is 0 Å². The second-order valence-corrected chi connectivity index (χ2v) is 3.07. The Labute approximate surface area is 81.4 Å². The Morgan fingerprint density at radius 3 is 2.64 bits per heavy atom. The molecule has 0 saturated carbocycles. The van der Waals surface area contributed by atoms with Crippen LogP contribution in [-0.2, 0) is 19.0 Å². The van der Waals surface area contributed by atoms with Gasteiger partial charge in [0.15, 0.2) is 12.4 Å². The Balaban J connectivity index is 2.63. The van der Waals surface area contributed by atoms with Crippen LogP contribution in [0.25, 0.3) is 0 Å². The SMILES string of the molecule is CO[C@H]1OC[C@@H](O)[C@H](OC(C)=O)[C@@H]1O. The van der Waals surface area contributed by atoms with Crippen LogP contribution in [0.1, 0.15) is 6.92 Å². The first-order valence-electron chi connectivity index (χ1n) is 4.24. The van der Waals surface area contributed by atoms with Gasteiger partial charge in [0.25, 0.3) is 0 Å². The van der Waals surface area contributed by atoms with E-state index in [0.29, 0.717) is 0 Å². The lowest BCUT2D eigenvalue weighted by Gasteiger charge is -2.36. The highest BCUT2D eigenvalue weighted by Crippen LogP contribution is 2.18. The maximum Gasteiger partial charge on any atom is 0.303 e. The minimum absolute atomic E-state index is 0.0342. The van der Waals surface area contributed by atoms with Crippen molar-refractivity contribution in [3.05, 3.63) is 0 Å². The number of hydrogen-bond acceptors (Lipinski definition) is 6. The summed E-state index contributed by atoms with van der Waals surface area (Å²) in [6.07, 6.45) is -4.07. The Hall–Kier alpha value is -0.690. The van der Waals surface area contributed by atoms with Crippen LogP contribution < -0.4 is 0 Å². The molecule has 0 aromatic heterocycles. The van der Waals surface area contributed by atoms with E-state index in [9.17, 15) is 15.0 Å². The summed E-state index contributed by atoms with van der Waals surface area (Å²) in [4.78, 5) is 10.7. The van der Waals surface area contributed by atoms with Crippen LogP contribution in [0.3, 0.4) is 0 Å². The summed E-state index contributed by atoms with van der Waals surface area (Å²) >= 11 is 0. The van der Waals surface area contributed by atoms with E-state index in [-0.39, 0.29) is 6.61 Å². The number of esters is 1. The lowest BCUT2D eigenvalue weighted by molar-refractivity contribution is -0.266. The van der Waals surface area contributed by atoms with Gasteiger partial charge in [-0.3, -0.25) is 4.79 Å². The highest BCUT2D eigenvalue weighted by molar-refractivity contribution is 5.66. The molecule has 0 amide bonds. The zero-order chi connectivity index (χ0) is 10.7. The molecule has 1 rings (SSSR count). The summed E-state index contributed by atoms with van der Waals surface area (Å²) in [7, 11) is 1.36. The molecule has 1 saturated heterocycles. The Bertz CT molecular complexity index is 206. The molecule has 2 N–H and O–H groups in total. The molecule has 1 aliphatic heterocycles. The van der Waals surface area contributed by atoms with Crippen molar-refractivity contribution in [2.24, 2.45) is 0 Å². The third-order valence-corrected chi connectivity index (χ3v) is 1.96. The van der Waals surface area contributed by atoms with Crippen LogP contribution in [0.15, 0.2) is 0 Å². The lowest BCUT2D eigenvalue weighted by atomic mass is 10.1.